The number of hydrogen-bond donors (Lipinski definition) is 1. The van der Waals surface area contributed by atoms with Gasteiger partial charge in [-0.2, -0.15) is 0 Å². The third-order valence-corrected chi connectivity index (χ3v) is 4.59. The number of anilines is 1. The standard InChI is InChI=1S/C21H28N4O3/c1-24(10-5-13-28-19-6-3-2-4-7-19)21(26)23-17-18-8-9-22-20(16-18)25-11-14-27-15-12-25/h2-4,6-9,16H,5,10-15,17H2,1H3,(H,23,26). The van der Waals surface area contributed by atoms with Gasteiger partial charge in [-0.05, 0) is 36.2 Å². The summed E-state index contributed by atoms with van der Waals surface area (Å²) in [5.41, 5.74) is 1.03. The second-order valence-corrected chi connectivity index (χ2v) is 6.72. The van der Waals surface area contributed by atoms with Crippen LogP contribution in [0.25, 0.3) is 0 Å². The highest BCUT2D eigenvalue weighted by Crippen LogP contribution is 2.14. The number of carbonyl (C=O) groups is 1. The lowest BCUT2D eigenvalue weighted by molar-refractivity contribution is 0.122. The van der Waals surface area contributed by atoms with E-state index < -0.39 is 0 Å². The zero-order valence-electron chi connectivity index (χ0n) is 16.3. The molecule has 0 aliphatic carbocycles. The van der Waals surface area contributed by atoms with Crippen LogP contribution in [0.5, 0.6) is 5.75 Å². The lowest BCUT2D eigenvalue weighted by Gasteiger charge is -2.28. The molecule has 1 aromatic heterocycles. The summed E-state index contributed by atoms with van der Waals surface area (Å²) in [6.45, 7) is 4.82. The average Bonchev–Trinajstić information content (AvgIpc) is 2.76. The van der Waals surface area contributed by atoms with E-state index in [1.807, 2.05) is 42.5 Å². The summed E-state index contributed by atoms with van der Waals surface area (Å²) in [4.78, 5) is 20.6. The number of carbonyl (C=O) groups excluding carboxylic acids is 1. The van der Waals surface area contributed by atoms with Gasteiger partial charge >= 0.3 is 6.03 Å². The van der Waals surface area contributed by atoms with Crippen LogP contribution < -0.4 is 15.0 Å². The van der Waals surface area contributed by atoms with Crippen LogP contribution in [-0.4, -0.2) is 62.4 Å². The minimum absolute atomic E-state index is 0.0931. The van der Waals surface area contributed by atoms with E-state index in [0.717, 1.165) is 49.9 Å². The summed E-state index contributed by atoms with van der Waals surface area (Å²) in [5, 5.41) is 2.96. The third-order valence-electron chi connectivity index (χ3n) is 4.59. The summed E-state index contributed by atoms with van der Waals surface area (Å²) >= 11 is 0. The van der Waals surface area contributed by atoms with Crippen LogP contribution in [0.15, 0.2) is 48.7 Å². The number of urea groups is 1. The number of nitrogens with one attached hydrogen (secondary N) is 1. The van der Waals surface area contributed by atoms with Gasteiger partial charge in [-0.15, -0.1) is 0 Å². The van der Waals surface area contributed by atoms with Crippen LogP contribution in [0.2, 0.25) is 0 Å². The first-order chi connectivity index (χ1) is 13.7. The van der Waals surface area contributed by atoms with Crippen molar-refractivity contribution in [2.75, 3.05) is 51.4 Å². The fourth-order valence-corrected chi connectivity index (χ4v) is 2.96. The summed E-state index contributed by atoms with van der Waals surface area (Å²) in [6, 6.07) is 13.6. The number of ether oxygens (including phenoxy) is 2. The van der Waals surface area contributed by atoms with Gasteiger partial charge in [0.1, 0.15) is 11.6 Å². The predicted molar refractivity (Wildman–Crippen MR) is 109 cm³/mol. The molecular weight excluding hydrogens is 356 g/mol. The van der Waals surface area contributed by atoms with Crippen molar-refractivity contribution in [2.45, 2.75) is 13.0 Å². The van der Waals surface area contributed by atoms with Crippen molar-refractivity contribution in [2.24, 2.45) is 0 Å². The third kappa shape index (κ3) is 6.13. The van der Waals surface area contributed by atoms with Gasteiger partial charge in [0, 0.05) is 39.4 Å². The van der Waals surface area contributed by atoms with Crippen molar-refractivity contribution in [3.63, 3.8) is 0 Å². The first kappa shape index (κ1) is 19.9. The number of benzene rings is 1. The minimum atomic E-state index is -0.0931. The second kappa shape index (κ2) is 10.5. The largest absolute Gasteiger partial charge is 0.494 e. The van der Waals surface area contributed by atoms with E-state index in [9.17, 15) is 4.79 Å². The number of nitrogens with zero attached hydrogens (tertiary/aromatic N) is 3. The summed E-state index contributed by atoms with van der Waals surface area (Å²) in [5.74, 6) is 1.78. The SMILES string of the molecule is CN(CCCOc1ccccc1)C(=O)NCc1ccnc(N2CCOCC2)c1. The summed E-state index contributed by atoms with van der Waals surface area (Å²) in [7, 11) is 1.80. The molecule has 1 saturated heterocycles. The maximum Gasteiger partial charge on any atom is 0.317 e. The molecule has 1 N–H and O–H groups in total. The zero-order valence-corrected chi connectivity index (χ0v) is 16.3. The van der Waals surface area contributed by atoms with Gasteiger partial charge in [-0.1, -0.05) is 18.2 Å². The molecule has 3 rings (SSSR count). The molecule has 7 nitrogen and oxygen atoms in total. The molecule has 0 bridgehead atoms. The molecule has 2 heterocycles. The molecule has 2 aromatic rings. The first-order valence-corrected chi connectivity index (χ1v) is 9.67. The Morgan fingerprint density at radius 2 is 2.04 bits per heavy atom. The Hall–Kier alpha value is -2.80. The highest BCUT2D eigenvalue weighted by Gasteiger charge is 2.13. The van der Waals surface area contributed by atoms with Crippen molar-refractivity contribution in [1.82, 2.24) is 15.2 Å². The van der Waals surface area contributed by atoms with E-state index >= 15 is 0 Å². The van der Waals surface area contributed by atoms with Crippen molar-refractivity contribution >= 4 is 11.8 Å². The van der Waals surface area contributed by atoms with E-state index in [-0.39, 0.29) is 6.03 Å². The number of aromatic nitrogens is 1. The Balaban J connectivity index is 1.38. The Labute approximate surface area is 166 Å². The molecule has 0 unspecified atom stereocenters. The topological polar surface area (TPSA) is 66.9 Å². The molecule has 2 amide bonds. The monoisotopic (exact) mass is 384 g/mol. The molecule has 7 heteroatoms. The Morgan fingerprint density at radius 1 is 1.25 bits per heavy atom. The molecule has 0 atom stereocenters. The number of pyridine rings is 1. The van der Waals surface area contributed by atoms with E-state index in [1.54, 1.807) is 18.1 Å². The molecule has 28 heavy (non-hydrogen) atoms. The minimum Gasteiger partial charge on any atom is -0.494 e. The maximum absolute atomic E-state index is 12.3. The molecular formula is C21H28N4O3. The van der Waals surface area contributed by atoms with Crippen LogP contribution in [-0.2, 0) is 11.3 Å². The molecule has 0 radical (unpaired) electrons. The quantitative estimate of drug-likeness (QED) is 0.709. The maximum atomic E-state index is 12.3. The van der Waals surface area contributed by atoms with E-state index in [2.05, 4.69) is 15.2 Å². The Kier molecular flexibility index (Phi) is 7.49. The van der Waals surface area contributed by atoms with Gasteiger partial charge < -0.3 is 24.6 Å². The number of morpholine rings is 1. The molecule has 150 valence electrons. The van der Waals surface area contributed by atoms with E-state index in [4.69, 9.17) is 9.47 Å². The lowest BCUT2D eigenvalue weighted by Crippen LogP contribution is -2.38. The Bertz CT molecular complexity index is 735. The van der Waals surface area contributed by atoms with Crippen molar-refractivity contribution in [3.8, 4) is 5.75 Å². The average molecular weight is 384 g/mol. The van der Waals surface area contributed by atoms with Gasteiger partial charge in [-0.25, -0.2) is 9.78 Å². The van der Waals surface area contributed by atoms with Crippen LogP contribution >= 0.6 is 0 Å². The van der Waals surface area contributed by atoms with Gasteiger partial charge in [0.05, 0.1) is 19.8 Å². The second-order valence-electron chi connectivity index (χ2n) is 6.72. The van der Waals surface area contributed by atoms with Crippen molar-refractivity contribution in [1.29, 1.82) is 0 Å². The highest BCUT2D eigenvalue weighted by molar-refractivity contribution is 5.73. The van der Waals surface area contributed by atoms with Crippen molar-refractivity contribution in [3.05, 3.63) is 54.2 Å². The lowest BCUT2D eigenvalue weighted by atomic mass is 10.2. The highest BCUT2D eigenvalue weighted by atomic mass is 16.5. The molecule has 1 aromatic carbocycles. The van der Waals surface area contributed by atoms with E-state index in [1.165, 1.54) is 0 Å². The van der Waals surface area contributed by atoms with E-state index in [0.29, 0.717) is 19.7 Å². The zero-order chi connectivity index (χ0) is 19.6. The number of hydrogen-bond acceptors (Lipinski definition) is 5. The number of amides is 2. The fraction of sp³-hybridized carbons (Fsp3) is 0.429. The molecule has 1 aliphatic heterocycles. The normalized spacial score (nSPS) is 13.8. The van der Waals surface area contributed by atoms with Gasteiger partial charge in [0.25, 0.3) is 0 Å². The van der Waals surface area contributed by atoms with Crippen LogP contribution in [0, 0.1) is 0 Å². The molecule has 1 fully saturated rings. The van der Waals surface area contributed by atoms with Gasteiger partial charge in [0.2, 0.25) is 0 Å². The van der Waals surface area contributed by atoms with Crippen LogP contribution in [0.3, 0.4) is 0 Å². The Morgan fingerprint density at radius 3 is 2.82 bits per heavy atom. The van der Waals surface area contributed by atoms with Crippen LogP contribution in [0.4, 0.5) is 10.6 Å². The number of rotatable bonds is 8. The molecule has 1 aliphatic rings. The number of para-hydroxylation sites is 1. The first-order valence-electron chi connectivity index (χ1n) is 9.67. The smallest absolute Gasteiger partial charge is 0.317 e. The molecule has 0 spiro atoms. The van der Waals surface area contributed by atoms with Crippen LogP contribution in [0.1, 0.15) is 12.0 Å². The summed E-state index contributed by atoms with van der Waals surface area (Å²) < 4.78 is 11.0. The van der Waals surface area contributed by atoms with Gasteiger partial charge in [0.15, 0.2) is 0 Å². The molecule has 0 saturated carbocycles. The summed E-state index contributed by atoms with van der Waals surface area (Å²) in [6.07, 6.45) is 2.56. The van der Waals surface area contributed by atoms with Crippen molar-refractivity contribution < 1.29 is 14.3 Å². The predicted octanol–water partition coefficient (Wildman–Crippen LogP) is 2.53. The fourth-order valence-electron chi connectivity index (χ4n) is 2.96. The van der Waals surface area contributed by atoms with Gasteiger partial charge in [-0.3, -0.25) is 0 Å².